The number of carbonyl (C=O) groups excluding carboxylic acids is 1. The highest BCUT2D eigenvalue weighted by Crippen LogP contribution is 2.50. The van der Waals surface area contributed by atoms with E-state index in [-0.39, 0.29) is 35.9 Å². The summed E-state index contributed by atoms with van der Waals surface area (Å²) in [7, 11) is 0. The lowest BCUT2D eigenvalue weighted by Crippen LogP contribution is -2.63. The fourth-order valence-electron chi connectivity index (χ4n) is 3.80. The second-order valence-corrected chi connectivity index (χ2v) is 6.99. The number of hydrogen-bond acceptors (Lipinski definition) is 4. The third-order valence-electron chi connectivity index (χ3n) is 5.16. The smallest absolute Gasteiger partial charge is 0.239 e. The number of nitrogens with zero attached hydrogens (tertiary/aromatic N) is 1. The monoisotopic (exact) mass is 334 g/mol. The molecule has 2 fully saturated rings. The van der Waals surface area contributed by atoms with E-state index in [1.54, 1.807) is 0 Å². The van der Waals surface area contributed by atoms with Gasteiger partial charge in [0.15, 0.2) is 0 Å². The summed E-state index contributed by atoms with van der Waals surface area (Å²) < 4.78 is 5.75. The summed E-state index contributed by atoms with van der Waals surface area (Å²) in [6.45, 7) is 8.20. The third-order valence-corrected chi connectivity index (χ3v) is 5.16. The van der Waals surface area contributed by atoms with E-state index >= 15 is 0 Å². The van der Waals surface area contributed by atoms with Crippen molar-refractivity contribution in [3.63, 3.8) is 0 Å². The van der Waals surface area contributed by atoms with E-state index < -0.39 is 6.04 Å². The number of rotatable bonds is 5. The lowest BCUT2D eigenvalue weighted by Gasteiger charge is -2.56. The number of aliphatic hydroxyl groups is 1. The molecule has 0 aromatic heterocycles. The van der Waals surface area contributed by atoms with Gasteiger partial charge in [-0.3, -0.25) is 4.79 Å². The van der Waals surface area contributed by atoms with E-state index in [4.69, 9.17) is 10.5 Å². The van der Waals surface area contributed by atoms with Crippen LogP contribution in [0.3, 0.4) is 0 Å². The molecule has 0 aromatic carbocycles. The van der Waals surface area contributed by atoms with Crippen LogP contribution in [0, 0.1) is 11.3 Å². The number of ether oxygens (including phenoxy) is 1. The highest BCUT2D eigenvalue weighted by molar-refractivity contribution is 5.85. The molecule has 130 valence electrons. The van der Waals surface area contributed by atoms with Gasteiger partial charge in [-0.2, -0.15) is 0 Å². The maximum Gasteiger partial charge on any atom is 0.239 e. The maximum absolute atomic E-state index is 12.3. The molecule has 0 aromatic rings. The Morgan fingerprint density at radius 1 is 1.41 bits per heavy atom. The van der Waals surface area contributed by atoms with Gasteiger partial charge in [0.2, 0.25) is 5.91 Å². The van der Waals surface area contributed by atoms with Crippen molar-refractivity contribution in [2.24, 2.45) is 17.1 Å². The van der Waals surface area contributed by atoms with Crippen LogP contribution in [0.2, 0.25) is 0 Å². The molecule has 1 spiro atoms. The standard InChI is InChI=1S/C16H30N2O3.ClH/c1-4-21-14-10-13(19)16(14)5-7-18(8-6-16)15(20)12(17)9-11(2)3;/h11-14,19H,4-10,17H2,1-3H3;1H. The first-order chi connectivity index (χ1) is 9.90. The van der Waals surface area contributed by atoms with E-state index in [1.807, 2.05) is 11.8 Å². The van der Waals surface area contributed by atoms with E-state index in [2.05, 4.69) is 13.8 Å². The van der Waals surface area contributed by atoms with Gasteiger partial charge in [0, 0.05) is 31.5 Å². The fraction of sp³-hybridized carbons (Fsp3) is 0.938. The summed E-state index contributed by atoms with van der Waals surface area (Å²) in [4.78, 5) is 14.2. The molecule has 1 saturated carbocycles. The van der Waals surface area contributed by atoms with Crippen LogP contribution < -0.4 is 5.73 Å². The summed E-state index contributed by atoms with van der Waals surface area (Å²) >= 11 is 0. The molecule has 0 radical (unpaired) electrons. The summed E-state index contributed by atoms with van der Waals surface area (Å²) in [5, 5.41) is 10.2. The molecule has 1 aliphatic heterocycles. The molecule has 1 amide bonds. The number of nitrogens with two attached hydrogens (primary N) is 1. The second-order valence-electron chi connectivity index (χ2n) is 6.99. The first-order valence-electron chi connectivity index (χ1n) is 8.24. The van der Waals surface area contributed by atoms with Crippen molar-refractivity contribution in [3.05, 3.63) is 0 Å². The highest BCUT2D eigenvalue weighted by Gasteiger charge is 2.56. The van der Waals surface area contributed by atoms with Crippen LogP contribution >= 0.6 is 12.4 Å². The minimum atomic E-state index is -0.395. The minimum Gasteiger partial charge on any atom is -0.392 e. The van der Waals surface area contributed by atoms with Crippen LogP contribution in [0.25, 0.3) is 0 Å². The molecule has 1 saturated heterocycles. The zero-order valence-electron chi connectivity index (χ0n) is 14.0. The lowest BCUT2D eigenvalue weighted by molar-refractivity contribution is -0.210. The van der Waals surface area contributed by atoms with Gasteiger partial charge in [0.05, 0.1) is 18.2 Å². The number of aliphatic hydroxyl groups excluding tert-OH is 1. The predicted molar refractivity (Wildman–Crippen MR) is 89.0 cm³/mol. The largest absolute Gasteiger partial charge is 0.392 e. The Hall–Kier alpha value is -0.360. The third kappa shape index (κ3) is 3.75. The fourth-order valence-corrected chi connectivity index (χ4v) is 3.80. The Bertz CT molecular complexity index is 368. The molecule has 22 heavy (non-hydrogen) atoms. The zero-order chi connectivity index (χ0) is 15.6. The van der Waals surface area contributed by atoms with Crippen molar-refractivity contribution < 1.29 is 14.6 Å². The topological polar surface area (TPSA) is 75.8 Å². The summed E-state index contributed by atoms with van der Waals surface area (Å²) in [6, 6.07) is -0.395. The molecule has 2 rings (SSSR count). The Morgan fingerprint density at radius 2 is 2.00 bits per heavy atom. The van der Waals surface area contributed by atoms with Crippen molar-refractivity contribution >= 4 is 18.3 Å². The lowest BCUT2D eigenvalue weighted by atomic mass is 9.58. The van der Waals surface area contributed by atoms with Crippen LogP contribution in [-0.4, -0.2) is 53.9 Å². The van der Waals surface area contributed by atoms with Crippen molar-refractivity contribution in [2.45, 2.75) is 64.7 Å². The summed E-state index contributed by atoms with van der Waals surface area (Å²) in [5.74, 6) is 0.483. The van der Waals surface area contributed by atoms with Gasteiger partial charge in [0.1, 0.15) is 0 Å². The summed E-state index contributed by atoms with van der Waals surface area (Å²) in [6.07, 6.45) is 2.96. The molecule has 0 bridgehead atoms. The molecule has 3 atom stereocenters. The molecule has 3 unspecified atom stereocenters. The Morgan fingerprint density at radius 3 is 2.45 bits per heavy atom. The van der Waals surface area contributed by atoms with Gasteiger partial charge in [-0.25, -0.2) is 0 Å². The normalized spacial score (nSPS) is 28.2. The van der Waals surface area contributed by atoms with Gasteiger partial charge in [-0.05, 0) is 32.1 Å². The van der Waals surface area contributed by atoms with E-state index in [9.17, 15) is 9.90 Å². The van der Waals surface area contributed by atoms with Crippen molar-refractivity contribution in [1.29, 1.82) is 0 Å². The predicted octanol–water partition coefficient (Wildman–Crippen LogP) is 1.56. The van der Waals surface area contributed by atoms with Crippen molar-refractivity contribution in [3.8, 4) is 0 Å². The average molecular weight is 335 g/mol. The van der Waals surface area contributed by atoms with Crippen molar-refractivity contribution in [2.75, 3.05) is 19.7 Å². The number of likely N-dealkylation sites (tertiary alicyclic amines) is 1. The van der Waals surface area contributed by atoms with E-state index in [0.29, 0.717) is 25.6 Å². The van der Waals surface area contributed by atoms with Gasteiger partial charge < -0.3 is 20.5 Å². The molecule has 1 heterocycles. The van der Waals surface area contributed by atoms with Gasteiger partial charge in [0.25, 0.3) is 0 Å². The van der Waals surface area contributed by atoms with Crippen LogP contribution in [0.5, 0.6) is 0 Å². The number of carbonyl (C=O) groups is 1. The van der Waals surface area contributed by atoms with Crippen LogP contribution in [-0.2, 0) is 9.53 Å². The van der Waals surface area contributed by atoms with E-state index in [1.165, 1.54) is 0 Å². The molecular weight excluding hydrogens is 304 g/mol. The van der Waals surface area contributed by atoms with Gasteiger partial charge in [-0.1, -0.05) is 13.8 Å². The zero-order valence-corrected chi connectivity index (χ0v) is 14.8. The average Bonchev–Trinajstić information content (AvgIpc) is 2.45. The van der Waals surface area contributed by atoms with Gasteiger partial charge in [-0.15, -0.1) is 12.4 Å². The Labute approximate surface area is 140 Å². The second kappa shape index (κ2) is 7.95. The summed E-state index contributed by atoms with van der Waals surface area (Å²) in [5.41, 5.74) is 5.87. The first kappa shape index (κ1) is 19.7. The van der Waals surface area contributed by atoms with Crippen LogP contribution in [0.1, 0.15) is 46.5 Å². The first-order valence-corrected chi connectivity index (χ1v) is 8.24. The molecule has 1 aliphatic carbocycles. The Kier molecular flexibility index (Phi) is 7.12. The number of amides is 1. The molecule has 5 nitrogen and oxygen atoms in total. The molecule has 6 heteroatoms. The number of halogens is 1. The number of hydrogen-bond donors (Lipinski definition) is 2. The highest BCUT2D eigenvalue weighted by atomic mass is 35.5. The maximum atomic E-state index is 12.3. The van der Waals surface area contributed by atoms with Crippen LogP contribution in [0.15, 0.2) is 0 Å². The Balaban J connectivity index is 0.00000242. The van der Waals surface area contributed by atoms with Crippen molar-refractivity contribution in [1.82, 2.24) is 4.90 Å². The quantitative estimate of drug-likeness (QED) is 0.800. The minimum absolute atomic E-state index is 0. The van der Waals surface area contributed by atoms with E-state index in [0.717, 1.165) is 25.7 Å². The molecule has 2 aliphatic rings. The molecule has 3 N–H and O–H groups in total. The van der Waals surface area contributed by atoms with Crippen LogP contribution in [0.4, 0.5) is 0 Å². The molecular formula is C16H31ClN2O3. The van der Waals surface area contributed by atoms with Gasteiger partial charge >= 0.3 is 0 Å². The SMILES string of the molecule is CCOC1CC(O)C12CCN(C(=O)C(N)CC(C)C)CC2.Cl. The number of piperidine rings is 1.